The van der Waals surface area contributed by atoms with Crippen LogP contribution in [0.4, 0.5) is 0 Å². The first kappa shape index (κ1) is 22.8. The lowest BCUT2D eigenvalue weighted by atomic mass is 10.3. The first-order valence-electron chi connectivity index (χ1n) is 9.04. The van der Waals surface area contributed by atoms with Crippen LogP contribution in [0.2, 0.25) is 10.2 Å². The molecule has 0 radical (unpaired) electrons. The fraction of sp³-hybridized carbons (Fsp3) is 0.368. The van der Waals surface area contributed by atoms with Crippen LogP contribution in [0.25, 0.3) is 11.0 Å². The van der Waals surface area contributed by atoms with Crippen molar-refractivity contribution in [1.82, 2.24) is 25.2 Å². The molecule has 0 amide bonds. The molecule has 0 bridgehead atoms. The van der Waals surface area contributed by atoms with Gasteiger partial charge in [0.05, 0.1) is 22.6 Å². The number of benzene rings is 1. The molecule has 0 unspecified atom stereocenters. The van der Waals surface area contributed by atoms with Gasteiger partial charge in [0.25, 0.3) is 0 Å². The third-order valence-corrected chi connectivity index (χ3v) is 5.12. The Morgan fingerprint density at radius 2 is 2.04 bits per heavy atom. The van der Waals surface area contributed by atoms with Gasteiger partial charge in [-0.2, -0.15) is 0 Å². The quantitative estimate of drug-likeness (QED) is 0.181. The summed E-state index contributed by atoms with van der Waals surface area (Å²) in [5.74, 6) is 1.78. The summed E-state index contributed by atoms with van der Waals surface area (Å²) in [5, 5.41) is 7.69. The molecule has 0 atom stereocenters. The van der Waals surface area contributed by atoms with E-state index in [4.69, 9.17) is 23.2 Å². The summed E-state index contributed by atoms with van der Waals surface area (Å²) in [4.78, 5) is 12.6. The van der Waals surface area contributed by atoms with E-state index in [0.29, 0.717) is 16.7 Å². The Balaban J connectivity index is 0.00000280. The summed E-state index contributed by atoms with van der Waals surface area (Å²) < 4.78 is 1.85. The molecule has 152 valence electrons. The predicted octanol–water partition coefficient (Wildman–Crippen LogP) is 4.51. The van der Waals surface area contributed by atoms with Crippen molar-refractivity contribution < 1.29 is 0 Å². The molecular formula is C19H25Cl2IN6. The van der Waals surface area contributed by atoms with Crippen LogP contribution in [0.5, 0.6) is 0 Å². The number of aliphatic imine (C=N–C) groups is 1. The van der Waals surface area contributed by atoms with Crippen LogP contribution in [-0.2, 0) is 20.0 Å². The standard InChI is InChI=1S/C19H24Cl2N6.HI/c1-3-22-19(24-12-13-11-14(20)18(21)27(13)2)23-10-6-9-17-25-15-7-4-5-8-16(15)26-17;/h4-5,7-8,11H,3,6,9-10,12H2,1-2H3,(H,25,26)(H2,22,23,24);1H. The highest BCUT2D eigenvalue weighted by atomic mass is 127. The number of hydrogen-bond acceptors (Lipinski definition) is 2. The number of hydrogen-bond donors (Lipinski definition) is 3. The highest BCUT2D eigenvalue weighted by molar-refractivity contribution is 14.0. The summed E-state index contributed by atoms with van der Waals surface area (Å²) >= 11 is 12.2. The minimum absolute atomic E-state index is 0. The third kappa shape index (κ3) is 5.78. The van der Waals surface area contributed by atoms with Crippen LogP contribution in [0.15, 0.2) is 35.3 Å². The van der Waals surface area contributed by atoms with Crippen LogP contribution >= 0.6 is 47.2 Å². The van der Waals surface area contributed by atoms with E-state index in [1.165, 1.54) is 0 Å². The molecule has 9 heteroatoms. The number of aromatic amines is 1. The molecule has 3 aromatic rings. The Bertz CT molecular complexity index is 901. The number of aryl methyl sites for hydroxylation is 1. The van der Waals surface area contributed by atoms with E-state index in [9.17, 15) is 0 Å². The second-order valence-electron chi connectivity index (χ2n) is 6.26. The highest BCUT2D eigenvalue weighted by Crippen LogP contribution is 2.25. The number of halogens is 3. The maximum Gasteiger partial charge on any atom is 0.191 e. The zero-order chi connectivity index (χ0) is 19.2. The van der Waals surface area contributed by atoms with Gasteiger partial charge >= 0.3 is 0 Å². The van der Waals surface area contributed by atoms with Crippen LogP contribution in [0.1, 0.15) is 24.9 Å². The number of nitrogens with one attached hydrogen (secondary N) is 3. The molecule has 1 aromatic carbocycles. The number of para-hydroxylation sites is 2. The zero-order valence-electron chi connectivity index (χ0n) is 15.9. The second-order valence-corrected chi connectivity index (χ2v) is 7.02. The molecule has 2 heterocycles. The lowest BCUT2D eigenvalue weighted by Gasteiger charge is -2.11. The van der Waals surface area contributed by atoms with Crippen molar-refractivity contribution in [2.75, 3.05) is 13.1 Å². The number of guanidine groups is 1. The van der Waals surface area contributed by atoms with E-state index in [1.807, 2.05) is 48.9 Å². The molecule has 0 saturated carbocycles. The predicted molar refractivity (Wildman–Crippen MR) is 128 cm³/mol. The lowest BCUT2D eigenvalue weighted by molar-refractivity contribution is 0.724. The average Bonchev–Trinajstić information content (AvgIpc) is 3.19. The molecule has 3 N–H and O–H groups in total. The average molecular weight is 535 g/mol. The Hall–Kier alpha value is -1.45. The zero-order valence-corrected chi connectivity index (χ0v) is 19.8. The van der Waals surface area contributed by atoms with E-state index in [2.05, 4.69) is 25.6 Å². The van der Waals surface area contributed by atoms with Gasteiger partial charge in [-0.05, 0) is 31.5 Å². The molecular weight excluding hydrogens is 510 g/mol. The van der Waals surface area contributed by atoms with Gasteiger partial charge in [-0.25, -0.2) is 9.98 Å². The van der Waals surface area contributed by atoms with Crippen molar-refractivity contribution in [1.29, 1.82) is 0 Å². The number of nitrogens with zero attached hydrogens (tertiary/aromatic N) is 3. The minimum Gasteiger partial charge on any atom is -0.357 e. The van der Waals surface area contributed by atoms with Gasteiger partial charge in [0.2, 0.25) is 0 Å². The van der Waals surface area contributed by atoms with Gasteiger partial charge in [-0.15, -0.1) is 24.0 Å². The largest absolute Gasteiger partial charge is 0.357 e. The van der Waals surface area contributed by atoms with Crippen molar-refractivity contribution >= 4 is 64.2 Å². The first-order chi connectivity index (χ1) is 13.1. The van der Waals surface area contributed by atoms with Gasteiger partial charge in [0, 0.05) is 32.3 Å². The monoisotopic (exact) mass is 534 g/mol. The summed E-state index contributed by atoms with van der Waals surface area (Å²) in [6, 6.07) is 9.92. The molecule has 0 aliphatic carbocycles. The molecule has 2 aromatic heterocycles. The summed E-state index contributed by atoms with van der Waals surface area (Å²) in [6.07, 6.45) is 1.83. The topological polar surface area (TPSA) is 70.0 Å². The van der Waals surface area contributed by atoms with E-state index < -0.39 is 0 Å². The first-order valence-corrected chi connectivity index (χ1v) is 9.79. The van der Waals surface area contributed by atoms with E-state index >= 15 is 0 Å². The van der Waals surface area contributed by atoms with Crippen molar-refractivity contribution in [2.24, 2.45) is 12.0 Å². The molecule has 3 rings (SSSR count). The molecule has 0 saturated heterocycles. The Kier molecular flexibility index (Phi) is 8.91. The number of H-pyrrole nitrogens is 1. The summed E-state index contributed by atoms with van der Waals surface area (Å²) in [6.45, 7) is 4.14. The third-order valence-electron chi connectivity index (χ3n) is 4.28. The van der Waals surface area contributed by atoms with E-state index in [-0.39, 0.29) is 24.0 Å². The fourth-order valence-electron chi connectivity index (χ4n) is 2.83. The lowest BCUT2D eigenvalue weighted by Crippen LogP contribution is -2.37. The number of fused-ring (bicyclic) bond motifs is 1. The van der Waals surface area contributed by atoms with Crippen LogP contribution in [0, 0.1) is 0 Å². The normalized spacial score (nSPS) is 11.5. The van der Waals surface area contributed by atoms with Gasteiger partial charge in [0.1, 0.15) is 11.0 Å². The van der Waals surface area contributed by atoms with Gasteiger partial charge < -0.3 is 20.2 Å². The van der Waals surface area contributed by atoms with E-state index in [0.717, 1.165) is 54.4 Å². The maximum atomic E-state index is 6.11. The minimum atomic E-state index is 0. The van der Waals surface area contributed by atoms with Crippen molar-refractivity contribution in [3.8, 4) is 0 Å². The summed E-state index contributed by atoms with van der Waals surface area (Å²) in [5.41, 5.74) is 3.05. The molecule has 6 nitrogen and oxygen atoms in total. The van der Waals surface area contributed by atoms with Gasteiger partial charge in [0.15, 0.2) is 5.96 Å². The smallest absolute Gasteiger partial charge is 0.191 e. The molecule has 0 aliphatic rings. The molecule has 0 aliphatic heterocycles. The number of rotatable bonds is 7. The van der Waals surface area contributed by atoms with Gasteiger partial charge in [-0.3, -0.25) is 0 Å². The molecule has 0 fully saturated rings. The summed E-state index contributed by atoms with van der Waals surface area (Å²) in [7, 11) is 1.88. The number of imidazole rings is 1. The maximum absolute atomic E-state index is 6.11. The van der Waals surface area contributed by atoms with E-state index in [1.54, 1.807) is 0 Å². The van der Waals surface area contributed by atoms with Crippen molar-refractivity contribution in [3.05, 3.63) is 52.0 Å². The van der Waals surface area contributed by atoms with Gasteiger partial charge in [-0.1, -0.05) is 35.3 Å². The van der Waals surface area contributed by atoms with Crippen LogP contribution < -0.4 is 10.6 Å². The van der Waals surface area contributed by atoms with Crippen molar-refractivity contribution in [3.63, 3.8) is 0 Å². The second kappa shape index (κ2) is 10.9. The molecule has 0 spiro atoms. The SMILES string of the molecule is CCNC(=NCc1cc(Cl)c(Cl)n1C)NCCCc1nc2ccccc2[nH]1.I. The fourth-order valence-corrected chi connectivity index (χ4v) is 3.24. The molecule has 28 heavy (non-hydrogen) atoms. The van der Waals surface area contributed by atoms with Crippen molar-refractivity contribution in [2.45, 2.75) is 26.3 Å². The highest BCUT2D eigenvalue weighted by Gasteiger charge is 2.08. The van der Waals surface area contributed by atoms with Crippen LogP contribution in [-0.4, -0.2) is 33.6 Å². The Morgan fingerprint density at radius 1 is 1.25 bits per heavy atom. The Labute approximate surface area is 192 Å². The Morgan fingerprint density at radius 3 is 2.71 bits per heavy atom. The number of aromatic nitrogens is 3. The van der Waals surface area contributed by atoms with Crippen LogP contribution in [0.3, 0.4) is 0 Å².